The summed E-state index contributed by atoms with van der Waals surface area (Å²) >= 11 is 0. The number of methoxy groups -OCH3 is 2. The zero-order valence-electron chi connectivity index (χ0n) is 21.8. The zero-order chi connectivity index (χ0) is 25.3. The summed E-state index contributed by atoms with van der Waals surface area (Å²) in [6.07, 6.45) is 2.34. The van der Waals surface area contributed by atoms with E-state index in [0.717, 1.165) is 36.6 Å². The average Bonchev–Trinajstić information content (AvgIpc) is 2.86. The van der Waals surface area contributed by atoms with E-state index in [2.05, 4.69) is 45.6 Å². The van der Waals surface area contributed by atoms with Crippen LogP contribution in [0.5, 0.6) is 17.2 Å². The predicted molar refractivity (Wildman–Crippen MR) is 137 cm³/mol. The molecule has 1 aromatic heterocycles. The predicted octanol–water partition coefficient (Wildman–Crippen LogP) is 5.34. The summed E-state index contributed by atoms with van der Waals surface area (Å²) in [4.78, 5) is 15.0. The molecule has 186 valence electrons. The lowest BCUT2D eigenvalue weighted by Gasteiger charge is -2.29. The third-order valence-electron chi connectivity index (χ3n) is 7.56. The minimum absolute atomic E-state index is 0.161. The van der Waals surface area contributed by atoms with Gasteiger partial charge in [0.1, 0.15) is 18.6 Å². The highest BCUT2D eigenvalue weighted by Gasteiger charge is 2.21. The van der Waals surface area contributed by atoms with Gasteiger partial charge in [-0.25, -0.2) is 0 Å². The first-order chi connectivity index (χ1) is 16.7. The lowest BCUT2D eigenvalue weighted by atomic mass is 9.90. The molecule has 0 aliphatic carbocycles. The molecule has 0 fully saturated rings. The fraction of sp³-hybridized carbons (Fsp3) is 0.414. The molecule has 0 bridgehead atoms. The summed E-state index contributed by atoms with van der Waals surface area (Å²) in [5, 5.41) is 0. The van der Waals surface area contributed by atoms with Gasteiger partial charge in [-0.2, -0.15) is 0 Å². The van der Waals surface area contributed by atoms with Crippen molar-refractivity contribution in [2.45, 2.75) is 60.7 Å². The van der Waals surface area contributed by atoms with Gasteiger partial charge in [0.25, 0.3) is 0 Å². The molecule has 6 heteroatoms. The van der Waals surface area contributed by atoms with Crippen molar-refractivity contribution < 1.29 is 18.6 Å². The van der Waals surface area contributed by atoms with Crippen molar-refractivity contribution in [1.82, 2.24) is 4.90 Å². The Balaban J connectivity index is 1.45. The van der Waals surface area contributed by atoms with Gasteiger partial charge in [0.15, 0.2) is 11.5 Å². The van der Waals surface area contributed by atoms with Crippen molar-refractivity contribution in [2.24, 2.45) is 0 Å². The Morgan fingerprint density at radius 1 is 0.829 bits per heavy atom. The van der Waals surface area contributed by atoms with Gasteiger partial charge in [-0.05, 0) is 97.7 Å². The smallest absolute Gasteiger partial charge is 0.227 e. The van der Waals surface area contributed by atoms with Crippen LogP contribution in [-0.2, 0) is 26.1 Å². The number of ether oxygens (including phenoxy) is 3. The Kier molecular flexibility index (Phi) is 7.22. The first-order valence-electron chi connectivity index (χ1n) is 12.0. The lowest BCUT2D eigenvalue weighted by molar-refractivity contribution is 0.219. The van der Waals surface area contributed by atoms with Crippen molar-refractivity contribution in [1.29, 1.82) is 0 Å². The Morgan fingerprint density at radius 3 is 2.03 bits per heavy atom. The topological polar surface area (TPSA) is 61.1 Å². The highest BCUT2D eigenvalue weighted by Crippen LogP contribution is 2.33. The molecule has 1 aliphatic rings. The van der Waals surface area contributed by atoms with E-state index in [1.165, 1.54) is 45.2 Å². The van der Waals surface area contributed by atoms with Crippen LogP contribution in [-0.4, -0.2) is 25.7 Å². The third-order valence-corrected chi connectivity index (χ3v) is 7.56. The quantitative estimate of drug-likeness (QED) is 0.458. The van der Waals surface area contributed by atoms with Gasteiger partial charge in [0.2, 0.25) is 11.2 Å². The van der Waals surface area contributed by atoms with E-state index >= 15 is 0 Å². The van der Waals surface area contributed by atoms with E-state index in [1.807, 2.05) is 6.07 Å². The second kappa shape index (κ2) is 10.2. The molecule has 0 unspecified atom stereocenters. The lowest BCUT2D eigenvalue weighted by Crippen LogP contribution is -2.30. The fourth-order valence-corrected chi connectivity index (χ4v) is 4.87. The number of hydrogen-bond donors (Lipinski definition) is 0. The Morgan fingerprint density at radius 2 is 1.43 bits per heavy atom. The Hall–Kier alpha value is -3.25. The van der Waals surface area contributed by atoms with E-state index < -0.39 is 0 Å². The number of rotatable bonds is 7. The number of benzene rings is 2. The van der Waals surface area contributed by atoms with Crippen molar-refractivity contribution in [2.75, 3.05) is 20.8 Å². The van der Waals surface area contributed by atoms with Crippen LogP contribution in [0.3, 0.4) is 0 Å². The molecule has 3 aromatic rings. The van der Waals surface area contributed by atoms with Crippen molar-refractivity contribution in [3.8, 4) is 17.2 Å². The number of hydrogen-bond acceptors (Lipinski definition) is 6. The summed E-state index contributed by atoms with van der Waals surface area (Å²) in [6, 6.07) is 5.63. The van der Waals surface area contributed by atoms with Crippen molar-refractivity contribution in [3.05, 3.63) is 85.0 Å². The molecule has 0 N–H and O–H groups in total. The van der Waals surface area contributed by atoms with Gasteiger partial charge in [-0.3, -0.25) is 9.69 Å². The molecule has 35 heavy (non-hydrogen) atoms. The van der Waals surface area contributed by atoms with Gasteiger partial charge in [-0.15, -0.1) is 0 Å². The van der Waals surface area contributed by atoms with Crippen LogP contribution >= 0.6 is 0 Å². The van der Waals surface area contributed by atoms with E-state index in [1.54, 1.807) is 20.3 Å². The zero-order valence-corrected chi connectivity index (χ0v) is 21.8. The number of nitrogens with zero attached hydrogens (tertiary/aromatic N) is 1. The van der Waals surface area contributed by atoms with Crippen molar-refractivity contribution in [3.63, 3.8) is 0 Å². The van der Waals surface area contributed by atoms with Crippen LogP contribution in [0.4, 0.5) is 0 Å². The van der Waals surface area contributed by atoms with E-state index in [4.69, 9.17) is 18.6 Å². The maximum absolute atomic E-state index is 12.8. The van der Waals surface area contributed by atoms with E-state index in [0.29, 0.717) is 18.9 Å². The minimum atomic E-state index is -0.161. The molecular formula is C29H35NO5. The first-order valence-corrected chi connectivity index (χ1v) is 12.0. The molecular weight excluding hydrogens is 442 g/mol. The Bertz CT molecular complexity index is 1280. The van der Waals surface area contributed by atoms with Gasteiger partial charge >= 0.3 is 0 Å². The van der Waals surface area contributed by atoms with Crippen LogP contribution in [0.25, 0.3) is 0 Å². The highest BCUT2D eigenvalue weighted by molar-refractivity contribution is 5.50. The summed E-state index contributed by atoms with van der Waals surface area (Å²) in [5.74, 6) is 2.35. The van der Waals surface area contributed by atoms with Gasteiger partial charge in [-0.1, -0.05) is 0 Å². The second-order valence-corrected chi connectivity index (χ2v) is 9.40. The maximum Gasteiger partial charge on any atom is 0.227 e. The van der Waals surface area contributed by atoms with Crippen LogP contribution in [0.1, 0.15) is 50.3 Å². The van der Waals surface area contributed by atoms with Crippen LogP contribution < -0.4 is 19.6 Å². The van der Waals surface area contributed by atoms with Gasteiger partial charge < -0.3 is 18.6 Å². The molecule has 0 saturated heterocycles. The molecule has 0 amide bonds. The Labute approximate surface area is 207 Å². The second-order valence-electron chi connectivity index (χ2n) is 9.40. The highest BCUT2D eigenvalue weighted by atomic mass is 16.5. The van der Waals surface area contributed by atoms with Crippen molar-refractivity contribution >= 4 is 0 Å². The summed E-state index contributed by atoms with van der Waals surface area (Å²) < 4.78 is 22.6. The molecule has 1 aliphatic heterocycles. The summed E-state index contributed by atoms with van der Waals surface area (Å²) in [6.45, 7) is 13.2. The fourth-order valence-electron chi connectivity index (χ4n) is 4.87. The van der Waals surface area contributed by atoms with E-state index in [9.17, 15) is 4.79 Å². The van der Waals surface area contributed by atoms with Crippen LogP contribution in [0.2, 0.25) is 0 Å². The monoisotopic (exact) mass is 477 g/mol. The molecule has 0 spiro atoms. The SMILES string of the molecule is COc1cc2c(cc1OC)CN(Cc1cc(=O)c(OCc3c(C)c(C)c(C)c(C)c3C)co1)CC2. The van der Waals surface area contributed by atoms with Crippen LogP contribution in [0, 0.1) is 34.6 Å². The normalized spacial score (nSPS) is 13.5. The third kappa shape index (κ3) is 4.94. The molecule has 4 rings (SSSR count). The largest absolute Gasteiger partial charge is 0.493 e. The summed E-state index contributed by atoms with van der Waals surface area (Å²) in [5.41, 5.74) is 9.71. The first kappa shape index (κ1) is 24.9. The molecule has 2 heterocycles. The van der Waals surface area contributed by atoms with Crippen LogP contribution in [0.15, 0.2) is 33.7 Å². The summed E-state index contributed by atoms with van der Waals surface area (Å²) in [7, 11) is 3.30. The standard InChI is InChI=1S/C29H35NO5/c1-17-18(2)20(4)25(21(5)19(17)3)15-35-29-16-34-24(12-26(29)31)14-30-9-8-22-10-27(32-6)28(33-7)11-23(22)13-30/h10-12,16H,8-9,13-15H2,1-7H3. The van der Waals surface area contributed by atoms with Gasteiger partial charge in [0, 0.05) is 19.2 Å². The average molecular weight is 478 g/mol. The maximum atomic E-state index is 12.8. The van der Waals surface area contributed by atoms with Gasteiger partial charge in [0.05, 0.1) is 20.8 Å². The number of fused-ring (bicyclic) bond motifs is 1. The molecule has 0 saturated carbocycles. The molecule has 0 radical (unpaired) electrons. The molecule has 0 atom stereocenters. The molecule has 6 nitrogen and oxygen atoms in total. The molecule has 2 aromatic carbocycles. The van der Waals surface area contributed by atoms with E-state index in [-0.39, 0.29) is 11.2 Å². The minimum Gasteiger partial charge on any atom is -0.493 e.